The van der Waals surface area contributed by atoms with Gasteiger partial charge in [0.05, 0.1) is 31.0 Å². The molecule has 0 atom stereocenters. The van der Waals surface area contributed by atoms with E-state index < -0.39 is 5.82 Å². The van der Waals surface area contributed by atoms with Gasteiger partial charge in [0.2, 0.25) is 0 Å². The zero-order valence-corrected chi connectivity index (χ0v) is 14.1. The number of nitrogens with one attached hydrogen (secondary N) is 1. The number of methoxy groups -OCH3 is 2. The third-order valence-corrected chi connectivity index (χ3v) is 3.80. The van der Waals surface area contributed by atoms with Crippen LogP contribution in [0.5, 0.6) is 11.5 Å². The number of pyridine rings is 1. The molecule has 0 radical (unpaired) electrons. The van der Waals surface area contributed by atoms with Gasteiger partial charge >= 0.3 is 0 Å². The van der Waals surface area contributed by atoms with Gasteiger partial charge in [0.1, 0.15) is 17.3 Å². The van der Waals surface area contributed by atoms with E-state index in [0.29, 0.717) is 39.3 Å². The number of nitrogens with zero attached hydrogens (tertiary/aromatic N) is 1. The van der Waals surface area contributed by atoms with Crippen molar-refractivity contribution in [3.8, 4) is 11.5 Å². The van der Waals surface area contributed by atoms with Crippen LogP contribution in [-0.4, -0.2) is 25.1 Å². The van der Waals surface area contributed by atoms with Crippen molar-refractivity contribution >= 4 is 22.5 Å². The lowest BCUT2D eigenvalue weighted by Gasteiger charge is -2.13. The fraction of sp³-hybridized carbons (Fsp3) is 0.158. The molecule has 1 heterocycles. The lowest BCUT2D eigenvalue weighted by Crippen LogP contribution is -2.14. The highest BCUT2D eigenvalue weighted by atomic mass is 19.1. The lowest BCUT2D eigenvalue weighted by molar-refractivity contribution is 0.102. The average molecular weight is 340 g/mol. The second-order valence-corrected chi connectivity index (χ2v) is 5.49. The number of hydrogen-bond acceptors (Lipinski definition) is 4. The van der Waals surface area contributed by atoms with Crippen LogP contribution in [0.3, 0.4) is 0 Å². The van der Waals surface area contributed by atoms with Gasteiger partial charge in [0.15, 0.2) is 0 Å². The average Bonchev–Trinajstić information content (AvgIpc) is 2.61. The standard InChI is InChI=1S/C19H17FN2O3/c1-11-8-15(14-9-12(20)4-6-16(14)21-11)19(23)22-17-7-5-13(24-2)10-18(17)25-3/h4-10H,1-3H3,(H,22,23). The first-order valence-corrected chi connectivity index (χ1v) is 7.62. The minimum Gasteiger partial charge on any atom is -0.497 e. The minimum absolute atomic E-state index is 0.347. The van der Waals surface area contributed by atoms with Gasteiger partial charge in [-0.1, -0.05) is 0 Å². The predicted octanol–water partition coefficient (Wildman–Crippen LogP) is 3.95. The van der Waals surface area contributed by atoms with E-state index in [1.807, 2.05) is 0 Å². The number of hydrogen-bond donors (Lipinski definition) is 1. The van der Waals surface area contributed by atoms with E-state index in [4.69, 9.17) is 9.47 Å². The van der Waals surface area contributed by atoms with Crippen LogP contribution in [0.25, 0.3) is 10.9 Å². The van der Waals surface area contributed by atoms with Crippen LogP contribution < -0.4 is 14.8 Å². The van der Waals surface area contributed by atoms with Crippen molar-refractivity contribution in [1.29, 1.82) is 0 Å². The molecule has 0 unspecified atom stereocenters. The third kappa shape index (κ3) is 3.38. The van der Waals surface area contributed by atoms with Gasteiger partial charge in [-0.05, 0) is 43.3 Å². The molecule has 128 valence electrons. The molecule has 3 aromatic rings. The van der Waals surface area contributed by atoms with Crippen molar-refractivity contribution in [3.05, 3.63) is 59.5 Å². The molecule has 0 aliphatic heterocycles. The Labute approximate surface area is 144 Å². The number of anilines is 1. The molecule has 25 heavy (non-hydrogen) atoms. The summed E-state index contributed by atoms with van der Waals surface area (Å²) < 4.78 is 24.0. The van der Waals surface area contributed by atoms with Gasteiger partial charge in [-0.3, -0.25) is 9.78 Å². The van der Waals surface area contributed by atoms with Crippen LogP contribution >= 0.6 is 0 Å². The van der Waals surface area contributed by atoms with E-state index in [-0.39, 0.29) is 5.91 Å². The van der Waals surface area contributed by atoms with Gasteiger partial charge in [-0.2, -0.15) is 0 Å². The quantitative estimate of drug-likeness (QED) is 0.781. The van der Waals surface area contributed by atoms with Crippen molar-refractivity contribution in [2.24, 2.45) is 0 Å². The molecule has 1 amide bonds. The molecule has 6 heteroatoms. The van der Waals surface area contributed by atoms with Gasteiger partial charge in [-0.25, -0.2) is 4.39 Å². The van der Waals surface area contributed by atoms with Crippen molar-refractivity contribution in [1.82, 2.24) is 4.98 Å². The number of carbonyl (C=O) groups excluding carboxylic acids is 1. The number of fused-ring (bicyclic) bond motifs is 1. The molecule has 0 saturated heterocycles. The molecule has 1 aromatic heterocycles. The summed E-state index contributed by atoms with van der Waals surface area (Å²) in [6.45, 7) is 1.79. The van der Waals surface area contributed by atoms with Gasteiger partial charge in [0, 0.05) is 17.1 Å². The number of halogens is 1. The highest BCUT2D eigenvalue weighted by Gasteiger charge is 2.15. The smallest absolute Gasteiger partial charge is 0.256 e. The zero-order chi connectivity index (χ0) is 18.0. The van der Waals surface area contributed by atoms with Crippen molar-refractivity contribution < 1.29 is 18.7 Å². The summed E-state index contributed by atoms with van der Waals surface area (Å²) in [5.41, 5.74) is 2.08. The van der Waals surface area contributed by atoms with Gasteiger partial charge in [-0.15, -0.1) is 0 Å². The summed E-state index contributed by atoms with van der Waals surface area (Å²) in [6, 6.07) is 10.9. The Bertz CT molecular complexity index is 957. The highest BCUT2D eigenvalue weighted by molar-refractivity contribution is 6.12. The maximum atomic E-state index is 13.6. The maximum absolute atomic E-state index is 13.6. The Morgan fingerprint density at radius 2 is 1.88 bits per heavy atom. The van der Waals surface area contributed by atoms with Crippen molar-refractivity contribution in [3.63, 3.8) is 0 Å². The van der Waals surface area contributed by atoms with E-state index in [1.165, 1.54) is 19.2 Å². The number of ether oxygens (including phenoxy) is 2. The molecule has 0 spiro atoms. The fourth-order valence-electron chi connectivity index (χ4n) is 2.61. The fourth-order valence-corrected chi connectivity index (χ4v) is 2.61. The zero-order valence-electron chi connectivity index (χ0n) is 14.1. The third-order valence-electron chi connectivity index (χ3n) is 3.80. The van der Waals surface area contributed by atoms with E-state index in [2.05, 4.69) is 10.3 Å². The summed E-state index contributed by atoms with van der Waals surface area (Å²) in [6.07, 6.45) is 0. The molecule has 0 fully saturated rings. The Morgan fingerprint density at radius 3 is 2.60 bits per heavy atom. The minimum atomic E-state index is -0.422. The maximum Gasteiger partial charge on any atom is 0.256 e. The van der Waals surface area contributed by atoms with Gasteiger partial charge in [0.25, 0.3) is 5.91 Å². The topological polar surface area (TPSA) is 60.5 Å². The van der Waals surface area contributed by atoms with Gasteiger partial charge < -0.3 is 14.8 Å². The van der Waals surface area contributed by atoms with Crippen LogP contribution in [0, 0.1) is 12.7 Å². The Hall–Kier alpha value is -3.15. The second-order valence-electron chi connectivity index (χ2n) is 5.49. The van der Waals surface area contributed by atoms with E-state index in [9.17, 15) is 9.18 Å². The number of aryl methyl sites for hydroxylation is 1. The van der Waals surface area contributed by atoms with Crippen LogP contribution in [0.1, 0.15) is 16.1 Å². The number of benzene rings is 2. The molecule has 0 aliphatic carbocycles. The first-order chi connectivity index (χ1) is 12.0. The molecular weight excluding hydrogens is 323 g/mol. The van der Waals surface area contributed by atoms with E-state index in [0.717, 1.165) is 0 Å². The molecule has 0 bridgehead atoms. The molecule has 3 rings (SSSR count). The monoisotopic (exact) mass is 340 g/mol. The summed E-state index contributed by atoms with van der Waals surface area (Å²) in [4.78, 5) is 17.1. The van der Waals surface area contributed by atoms with Crippen molar-refractivity contribution in [2.75, 3.05) is 19.5 Å². The molecule has 0 aliphatic rings. The number of carbonyl (C=O) groups is 1. The van der Waals surface area contributed by atoms with E-state index >= 15 is 0 Å². The molecule has 2 aromatic carbocycles. The molecule has 0 saturated carbocycles. The summed E-state index contributed by atoms with van der Waals surface area (Å²) >= 11 is 0. The van der Waals surface area contributed by atoms with E-state index in [1.54, 1.807) is 44.4 Å². The first kappa shape index (κ1) is 16.7. The Morgan fingerprint density at radius 1 is 1.08 bits per heavy atom. The summed E-state index contributed by atoms with van der Waals surface area (Å²) in [5, 5.41) is 3.25. The number of rotatable bonds is 4. The highest BCUT2D eigenvalue weighted by Crippen LogP contribution is 2.30. The molecule has 1 N–H and O–H groups in total. The SMILES string of the molecule is COc1ccc(NC(=O)c2cc(C)nc3ccc(F)cc23)c(OC)c1. The number of aromatic nitrogens is 1. The largest absolute Gasteiger partial charge is 0.497 e. The Kier molecular flexibility index (Phi) is 4.52. The van der Waals surface area contributed by atoms with Crippen LogP contribution in [0.2, 0.25) is 0 Å². The number of amides is 1. The van der Waals surface area contributed by atoms with Crippen LogP contribution in [0.4, 0.5) is 10.1 Å². The summed E-state index contributed by atoms with van der Waals surface area (Å²) in [7, 11) is 3.05. The predicted molar refractivity (Wildman–Crippen MR) is 93.9 cm³/mol. The Balaban J connectivity index is 2.02. The van der Waals surface area contributed by atoms with Crippen LogP contribution in [0.15, 0.2) is 42.5 Å². The molecular formula is C19H17FN2O3. The van der Waals surface area contributed by atoms with Crippen LogP contribution in [-0.2, 0) is 0 Å². The summed E-state index contributed by atoms with van der Waals surface area (Å²) in [5.74, 6) is 0.287. The second kappa shape index (κ2) is 6.76. The lowest BCUT2D eigenvalue weighted by atomic mass is 10.1. The molecule has 5 nitrogen and oxygen atoms in total. The van der Waals surface area contributed by atoms with Crippen molar-refractivity contribution in [2.45, 2.75) is 6.92 Å². The normalized spacial score (nSPS) is 10.6. The first-order valence-electron chi connectivity index (χ1n) is 7.62.